The Morgan fingerprint density at radius 1 is 0.420 bits per heavy atom. The van der Waals surface area contributed by atoms with Crippen LogP contribution in [0.3, 0.4) is 0 Å². The zero-order valence-electron chi connectivity index (χ0n) is 55.0. The summed E-state index contributed by atoms with van der Waals surface area (Å²) in [5, 5.41) is 13.9. The first-order valence-corrected chi connectivity index (χ1v) is 37.3. The highest BCUT2D eigenvalue weighted by Gasteiger charge is 2.23. The fraction of sp³-hybridized carbons (Fsp3) is 0.903. The Kier molecular flexibility index (Phi) is 62.2. The number of carbonyl (C=O) groups is 1. The number of likely N-dealkylation sites (N-methyl/N-ethyl adjacent to an activating group) is 1. The van der Waals surface area contributed by atoms with Gasteiger partial charge in [-0.15, -0.1) is 0 Å². The third-order valence-electron chi connectivity index (χ3n) is 16.6. The van der Waals surface area contributed by atoms with Crippen molar-refractivity contribution in [1.82, 2.24) is 5.32 Å². The maximum absolute atomic E-state index is 13.0. The molecule has 0 saturated heterocycles. The number of phosphoric ester groups is 1. The summed E-state index contributed by atoms with van der Waals surface area (Å²) in [4.78, 5) is 25.6. The Bertz CT molecular complexity index is 1410. The van der Waals surface area contributed by atoms with Crippen molar-refractivity contribution in [2.45, 2.75) is 379 Å². The monoisotopic (exact) mass is 1160 g/mol. The molecule has 0 aromatic carbocycles. The molecule has 0 aliphatic heterocycles. The first-order valence-electron chi connectivity index (χ1n) is 35.9. The van der Waals surface area contributed by atoms with E-state index in [9.17, 15) is 19.4 Å². The van der Waals surface area contributed by atoms with Gasteiger partial charge in [-0.2, -0.15) is 0 Å². The summed E-state index contributed by atoms with van der Waals surface area (Å²) >= 11 is 0. The molecule has 480 valence electrons. The van der Waals surface area contributed by atoms with Crippen molar-refractivity contribution in [3.8, 4) is 0 Å². The summed E-state index contributed by atoms with van der Waals surface area (Å²) in [7, 11) is 1.25. The van der Waals surface area contributed by atoms with Gasteiger partial charge in [0.1, 0.15) is 13.2 Å². The molecular weight excluding hydrogens is 1020 g/mol. The quantitative estimate of drug-likeness (QED) is 0.0272. The lowest BCUT2D eigenvalue weighted by atomic mass is 10.0. The molecule has 9 heteroatoms. The van der Waals surface area contributed by atoms with Gasteiger partial charge in [0.15, 0.2) is 0 Å². The third-order valence-corrected chi connectivity index (χ3v) is 17.5. The number of nitrogens with zero attached hydrogens (tertiary/aromatic N) is 1. The van der Waals surface area contributed by atoms with Crippen LogP contribution in [0, 0.1) is 0 Å². The molecule has 1 amide bonds. The standard InChI is InChI=1S/C72H141N2O6P/c1-6-8-10-12-14-16-18-20-22-24-26-28-30-32-33-34-35-36-37-38-39-40-41-42-44-46-48-50-52-54-56-58-60-62-64-66-72(76)73-70(69-80-81(77,78)79-68-67-74(3,4)5)71(75)65-63-61-59-57-55-53-51-49-47-45-43-31-29-27-25-23-21-19-17-15-13-11-9-7-2/h47,49,55,57,63,65,70-71,75H,6-46,48,50-54,56,58-62,64,66-69H2,1-5H3,(H-,73,76,77,78)/b49-47+,57-55+,65-63+. The maximum Gasteiger partial charge on any atom is 0.268 e. The molecule has 0 bridgehead atoms. The van der Waals surface area contributed by atoms with Crippen LogP contribution < -0.4 is 10.2 Å². The minimum atomic E-state index is -4.61. The van der Waals surface area contributed by atoms with Gasteiger partial charge in [-0.25, -0.2) is 0 Å². The highest BCUT2D eigenvalue weighted by atomic mass is 31.2. The summed E-state index contributed by atoms with van der Waals surface area (Å²) in [6.07, 6.45) is 84.3. The Labute approximate surface area is 506 Å². The summed E-state index contributed by atoms with van der Waals surface area (Å²) < 4.78 is 23.4. The number of hydrogen-bond donors (Lipinski definition) is 2. The molecule has 0 radical (unpaired) electrons. The number of hydrogen-bond acceptors (Lipinski definition) is 6. The summed E-state index contributed by atoms with van der Waals surface area (Å²) in [6.45, 7) is 4.68. The van der Waals surface area contributed by atoms with Crippen molar-refractivity contribution < 1.29 is 32.9 Å². The van der Waals surface area contributed by atoms with Crippen LogP contribution in [0.5, 0.6) is 0 Å². The summed E-state index contributed by atoms with van der Waals surface area (Å²) in [5.74, 6) is -0.203. The van der Waals surface area contributed by atoms with E-state index in [4.69, 9.17) is 9.05 Å². The van der Waals surface area contributed by atoms with Crippen molar-refractivity contribution >= 4 is 13.7 Å². The summed E-state index contributed by atoms with van der Waals surface area (Å²) in [6, 6.07) is -0.909. The van der Waals surface area contributed by atoms with E-state index in [2.05, 4.69) is 43.5 Å². The molecule has 0 spiro atoms. The first kappa shape index (κ1) is 79.7. The molecular formula is C72H141N2O6P. The van der Waals surface area contributed by atoms with Crippen LogP contribution in [0.4, 0.5) is 0 Å². The number of allylic oxidation sites excluding steroid dienone is 5. The number of carbonyl (C=O) groups excluding carboxylic acids is 1. The van der Waals surface area contributed by atoms with Gasteiger partial charge in [0, 0.05) is 6.42 Å². The van der Waals surface area contributed by atoms with E-state index in [1.165, 1.54) is 302 Å². The molecule has 3 unspecified atom stereocenters. The molecule has 3 atom stereocenters. The third kappa shape index (κ3) is 66.1. The maximum atomic E-state index is 13.0. The molecule has 0 aliphatic rings. The van der Waals surface area contributed by atoms with E-state index in [1.54, 1.807) is 6.08 Å². The predicted octanol–water partition coefficient (Wildman–Crippen LogP) is 22.2. The molecule has 0 heterocycles. The Balaban J connectivity index is 4.03. The number of rotatable bonds is 67. The topological polar surface area (TPSA) is 108 Å². The predicted molar refractivity (Wildman–Crippen MR) is 353 cm³/mol. The molecule has 0 rings (SSSR count). The van der Waals surface area contributed by atoms with Crippen LogP contribution in [-0.4, -0.2) is 68.5 Å². The Hall–Kier alpha value is -1.28. The number of unbranched alkanes of at least 4 members (excludes halogenated alkanes) is 50. The lowest BCUT2D eigenvalue weighted by molar-refractivity contribution is -0.870. The molecule has 0 saturated carbocycles. The molecule has 0 aliphatic carbocycles. The average molecular weight is 1160 g/mol. The zero-order valence-corrected chi connectivity index (χ0v) is 55.9. The highest BCUT2D eigenvalue weighted by Crippen LogP contribution is 2.38. The van der Waals surface area contributed by atoms with Crippen LogP contribution in [0.1, 0.15) is 367 Å². The molecule has 8 nitrogen and oxygen atoms in total. The largest absolute Gasteiger partial charge is 0.756 e. The van der Waals surface area contributed by atoms with Crippen LogP contribution >= 0.6 is 7.82 Å². The molecule has 0 aromatic heterocycles. The van der Waals surface area contributed by atoms with Crippen molar-refractivity contribution in [2.75, 3.05) is 40.9 Å². The van der Waals surface area contributed by atoms with Gasteiger partial charge >= 0.3 is 0 Å². The van der Waals surface area contributed by atoms with Gasteiger partial charge in [-0.1, -0.05) is 352 Å². The van der Waals surface area contributed by atoms with Gasteiger partial charge in [0.2, 0.25) is 5.91 Å². The number of phosphoric acid groups is 1. The van der Waals surface area contributed by atoms with Gasteiger partial charge in [0.05, 0.1) is 39.9 Å². The second kappa shape index (κ2) is 63.2. The second-order valence-electron chi connectivity index (χ2n) is 25.9. The fourth-order valence-corrected chi connectivity index (χ4v) is 11.7. The van der Waals surface area contributed by atoms with Crippen molar-refractivity contribution in [1.29, 1.82) is 0 Å². The van der Waals surface area contributed by atoms with E-state index in [1.807, 2.05) is 27.2 Å². The Morgan fingerprint density at radius 3 is 1.00 bits per heavy atom. The Morgan fingerprint density at radius 2 is 0.691 bits per heavy atom. The number of amides is 1. The van der Waals surface area contributed by atoms with Crippen molar-refractivity contribution in [2.24, 2.45) is 0 Å². The van der Waals surface area contributed by atoms with Gasteiger partial charge < -0.3 is 28.8 Å². The normalized spacial score (nSPS) is 13.8. The highest BCUT2D eigenvalue weighted by molar-refractivity contribution is 7.45. The number of aliphatic hydroxyl groups excluding tert-OH is 1. The van der Waals surface area contributed by atoms with Gasteiger partial charge in [0.25, 0.3) is 7.82 Å². The lowest BCUT2D eigenvalue weighted by Crippen LogP contribution is -2.45. The molecule has 2 N–H and O–H groups in total. The van der Waals surface area contributed by atoms with Crippen LogP contribution in [0.2, 0.25) is 0 Å². The number of aliphatic hydroxyl groups is 1. The SMILES string of the molecule is CCCCCCCCCCCCCCCC/C=C/CC/C=C/CC/C=C/C(O)C(COP(=O)([O-])OCC[N+](C)(C)C)NC(=O)CCCCCCCCCCCCCCCCCCCCCCCCCCCCCCCCCCCCC. The molecule has 0 aromatic rings. The van der Waals surface area contributed by atoms with Gasteiger partial charge in [-0.3, -0.25) is 9.36 Å². The lowest BCUT2D eigenvalue weighted by Gasteiger charge is -2.29. The minimum Gasteiger partial charge on any atom is -0.756 e. The van der Waals surface area contributed by atoms with Crippen LogP contribution in [-0.2, 0) is 18.4 Å². The number of quaternary nitrogens is 1. The molecule has 81 heavy (non-hydrogen) atoms. The van der Waals surface area contributed by atoms with E-state index in [0.717, 1.165) is 44.9 Å². The van der Waals surface area contributed by atoms with Gasteiger partial charge in [-0.05, 0) is 44.9 Å². The number of nitrogens with one attached hydrogen (secondary N) is 1. The first-order chi connectivity index (χ1) is 39.5. The second-order valence-corrected chi connectivity index (χ2v) is 27.3. The summed E-state index contributed by atoms with van der Waals surface area (Å²) in [5.41, 5.74) is 0. The van der Waals surface area contributed by atoms with E-state index >= 15 is 0 Å². The fourth-order valence-electron chi connectivity index (χ4n) is 11.0. The van der Waals surface area contributed by atoms with E-state index in [0.29, 0.717) is 17.4 Å². The smallest absolute Gasteiger partial charge is 0.268 e. The average Bonchev–Trinajstić information content (AvgIpc) is 3.43. The van der Waals surface area contributed by atoms with Crippen LogP contribution in [0.15, 0.2) is 36.5 Å². The van der Waals surface area contributed by atoms with E-state index < -0.39 is 26.6 Å². The molecule has 0 fully saturated rings. The van der Waals surface area contributed by atoms with Crippen molar-refractivity contribution in [3.63, 3.8) is 0 Å². The zero-order chi connectivity index (χ0) is 59.1. The van der Waals surface area contributed by atoms with Crippen molar-refractivity contribution in [3.05, 3.63) is 36.5 Å². The van der Waals surface area contributed by atoms with Crippen LogP contribution in [0.25, 0.3) is 0 Å². The van der Waals surface area contributed by atoms with E-state index in [-0.39, 0.29) is 12.5 Å². The minimum absolute atomic E-state index is 0.00709.